The summed E-state index contributed by atoms with van der Waals surface area (Å²) in [6.45, 7) is 1.32. The van der Waals surface area contributed by atoms with Gasteiger partial charge in [0.1, 0.15) is 5.82 Å². The van der Waals surface area contributed by atoms with Crippen molar-refractivity contribution in [2.75, 3.05) is 41.6 Å². The minimum Gasteiger partial charge on any atom is -0.367 e. The molecule has 0 unspecified atom stereocenters. The van der Waals surface area contributed by atoms with Crippen LogP contribution in [0.1, 0.15) is 27.9 Å². The fraction of sp³-hybridized carbons (Fsp3) is 0.308. The van der Waals surface area contributed by atoms with Gasteiger partial charge in [-0.05, 0) is 42.7 Å². The number of piperazine rings is 1. The van der Waals surface area contributed by atoms with Crippen molar-refractivity contribution in [2.24, 2.45) is 0 Å². The number of nitrogens with one attached hydrogen (secondary N) is 1. The second-order valence-electron chi connectivity index (χ2n) is 8.73. The maximum absolute atomic E-state index is 13.3. The molecule has 11 heteroatoms. The number of aromatic nitrogens is 1. The quantitative estimate of drug-likeness (QED) is 0.464. The monoisotopic (exact) mass is 532 g/mol. The average molecular weight is 533 g/mol. The summed E-state index contributed by atoms with van der Waals surface area (Å²) in [5.74, 6) is -0.470. The van der Waals surface area contributed by atoms with E-state index < -0.39 is 27.7 Å². The summed E-state index contributed by atoms with van der Waals surface area (Å²) in [4.78, 5) is 20.3. The maximum Gasteiger partial charge on any atom is 0.417 e. The second-order valence-corrected chi connectivity index (χ2v) is 10.6. The zero-order valence-corrected chi connectivity index (χ0v) is 20.8. The smallest absolute Gasteiger partial charge is 0.367 e. The zero-order valence-electron chi connectivity index (χ0n) is 20.0. The summed E-state index contributed by atoms with van der Waals surface area (Å²) in [5, 5.41) is 0. The molecule has 2 heterocycles. The number of anilines is 2. The van der Waals surface area contributed by atoms with E-state index >= 15 is 0 Å². The van der Waals surface area contributed by atoms with Gasteiger partial charge in [0.2, 0.25) is 10.0 Å². The average Bonchev–Trinajstić information content (AvgIpc) is 2.89. The first kappa shape index (κ1) is 26.5. The van der Waals surface area contributed by atoms with E-state index in [0.717, 1.165) is 17.3 Å². The molecule has 2 aromatic carbocycles. The number of aryl methyl sites for hydroxylation is 1. The van der Waals surface area contributed by atoms with E-state index in [4.69, 9.17) is 0 Å². The summed E-state index contributed by atoms with van der Waals surface area (Å²) in [6, 6.07) is 17.7. The van der Waals surface area contributed by atoms with E-state index in [1.165, 1.54) is 29.3 Å². The molecule has 196 valence electrons. The number of carbonyl (C=O) groups excluding carboxylic acids is 1. The van der Waals surface area contributed by atoms with Gasteiger partial charge in [-0.2, -0.15) is 13.2 Å². The summed E-state index contributed by atoms with van der Waals surface area (Å²) < 4.78 is 67.2. The fourth-order valence-electron chi connectivity index (χ4n) is 4.21. The number of alkyl halides is 3. The standard InChI is InChI=1S/C26H27F3N4O3S/c27-26(28,29)23-11-5-4-10-22(23)25(34)33-16-14-32(15-17-33)21-12-13-24(30-19-21)31-37(35,36)18-6-9-20-7-2-1-3-8-20/h1-5,7-8,10-13,19H,6,9,14-18H2,(H,30,31). The molecule has 0 bridgehead atoms. The van der Waals surface area contributed by atoms with Crippen LogP contribution in [-0.2, 0) is 22.6 Å². The number of amides is 1. The van der Waals surface area contributed by atoms with Crippen LogP contribution in [0.3, 0.4) is 0 Å². The number of rotatable bonds is 8. The van der Waals surface area contributed by atoms with E-state index in [-0.39, 0.29) is 30.2 Å². The van der Waals surface area contributed by atoms with Crippen molar-refractivity contribution in [3.63, 3.8) is 0 Å². The SMILES string of the molecule is O=C(c1ccccc1C(F)(F)F)N1CCN(c2ccc(NS(=O)(=O)CCCc3ccccc3)nc2)CC1. The highest BCUT2D eigenvalue weighted by atomic mass is 32.2. The van der Waals surface area contributed by atoms with Crippen LogP contribution in [0.2, 0.25) is 0 Å². The van der Waals surface area contributed by atoms with Crippen LogP contribution in [0.5, 0.6) is 0 Å². The van der Waals surface area contributed by atoms with Crippen molar-refractivity contribution in [1.82, 2.24) is 9.88 Å². The number of halogens is 3. The van der Waals surface area contributed by atoms with Gasteiger partial charge in [0.25, 0.3) is 5.91 Å². The Labute approximate surface area is 214 Å². The summed E-state index contributed by atoms with van der Waals surface area (Å²) in [5.41, 5.74) is 0.511. The van der Waals surface area contributed by atoms with E-state index in [1.807, 2.05) is 35.2 Å². The lowest BCUT2D eigenvalue weighted by molar-refractivity contribution is -0.138. The van der Waals surface area contributed by atoms with Crippen LogP contribution in [0.4, 0.5) is 24.7 Å². The first-order chi connectivity index (χ1) is 17.6. The number of hydrogen-bond donors (Lipinski definition) is 1. The Kier molecular flexibility index (Phi) is 8.01. The van der Waals surface area contributed by atoms with Crippen molar-refractivity contribution in [2.45, 2.75) is 19.0 Å². The Bertz CT molecular complexity index is 1310. The first-order valence-electron chi connectivity index (χ1n) is 11.8. The molecule has 1 aromatic heterocycles. The summed E-state index contributed by atoms with van der Waals surface area (Å²) >= 11 is 0. The van der Waals surface area contributed by atoms with Crippen molar-refractivity contribution >= 4 is 27.4 Å². The molecule has 1 N–H and O–H groups in total. The normalized spacial score (nSPS) is 14.5. The van der Waals surface area contributed by atoms with E-state index in [0.29, 0.717) is 25.9 Å². The predicted molar refractivity (Wildman–Crippen MR) is 136 cm³/mol. The molecule has 0 aliphatic carbocycles. The van der Waals surface area contributed by atoms with Crippen LogP contribution >= 0.6 is 0 Å². The van der Waals surface area contributed by atoms with E-state index in [9.17, 15) is 26.4 Å². The van der Waals surface area contributed by atoms with Crippen molar-refractivity contribution in [3.05, 3.63) is 89.6 Å². The Morgan fingerprint density at radius 3 is 2.24 bits per heavy atom. The minimum atomic E-state index is -4.61. The second kappa shape index (κ2) is 11.2. The highest BCUT2D eigenvalue weighted by Crippen LogP contribution is 2.32. The number of pyridine rings is 1. The van der Waals surface area contributed by atoms with Crippen LogP contribution in [0, 0.1) is 0 Å². The molecule has 1 aliphatic rings. The molecule has 1 aliphatic heterocycles. The molecular weight excluding hydrogens is 505 g/mol. The van der Waals surface area contributed by atoms with Crippen LogP contribution < -0.4 is 9.62 Å². The van der Waals surface area contributed by atoms with Gasteiger partial charge in [-0.3, -0.25) is 9.52 Å². The van der Waals surface area contributed by atoms with Crippen LogP contribution in [-0.4, -0.2) is 56.1 Å². The van der Waals surface area contributed by atoms with E-state index in [1.54, 1.807) is 12.1 Å². The van der Waals surface area contributed by atoms with Gasteiger partial charge >= 0.3 is 6.18 Å². The lowest BCUT2D eigenvalue weighted by Crippen LogP contribution is -2.49. The minimum absolute atomic E-state index is 0.0290. The Balaban J connectivity index is 1.30. The van der Waals surface area contributed by atoms with Crippen molar-refractivity contribution in [1.29, 1.82) is 0 Å². The molecule has 1 amide bonds. The Morgan fingerprint density at radius 1 is 0.919 bits per heavy atom. The molecule has 0 spiro atoms. The topological polar surface area (TPSA) is 82.6 Å². The molecule has 4 rings (SSSR count). The first-order valence-corrected chi connectivity index (χ1v) is 13.5. The number of sulfonamides is 1. The molecule has 1 saturated heterocycles. The molecule has 7 nitrogen and oxygen atoms in total. The van der Waals surface area contributed by atoms with Crippen LogP contribution in [0.25, 0.3) is 0 Å². The number of benzene rings is 2. The fourth-order valence-corrected chi connectivity index (χ4v) is 5.28. The highest BCUT2D eigenvalue weighted by molar-refractivity contribution is 7.92. The van der Waals surface area contributed by atoms with Gasteiger partial charge < -0.3 is 9.80 Å². The summed E-state index contributed by atoms with van der Waals surface area (Å²) in [7, 11) is -3.55. The molecular formula is C26H27F3N4O3S. The van der Waals surface area contributed by atoms with Gasteiger partial charge in [0.05, 0.1) is 28.8 Å². The third-order valence-electron chi connectivity index (χ3n) is 6.12. The number of carbonyl (C=O) groups is 1. The predicted octanol–water partition coefficient (Wildman–Crippen LogP) is 4.44. The molecule has 0 saturated carbocycles. The lowest BCUT2D eigenvalue weighted by Gasteiger charge is -2.36. The van der Waals surface area contributed by atoms with Gasteiger partial charge in [-0.1, -0.05) is 42.5 Å². The van der Waals surface area contributed by atoms with Crippen molar-refractivity contribution in [3.8, 4) is 0 Å². The van der Waals surface area contributed by atoms with Gasteiger partial charge in [0, 0.05) is 26.2 Å². The highest BCUT2D eigenvalue weighted by Gasteiger charge is 2.36. The third-order valence-corrected chi connectivity index (χ3v) is 7.47. The Hall–Kier alpha value is -3.60. The third kappa shape index (κ3) is 7.00. The van der Waals surface area contributed by atoms with Crippen LogP contribution in [0.15, 0.2) is 72.9 Å². The number of hydrogen-bond acceptors (Lipinski definition) is 5. The molecule has 0 atom stereocenters. The van der Waals surface area contributed by atoms with Gasteiger partial charge in [0.15, 0.2) is 0 Å². The molecule has 3 aromatic rings. The van der Waals surface area contributed by atoms with Gasteiger partial charge in [-0.25, -0.2) is 13.4 Å². The number of nitrogens with zero attached hydrogens (tertiary/aromatic N) is 3. The maximum atomic E-state index is 13.3. The zero-order chi connectivity index (χ0) is 26.5. The largest absolute Gasteiger partial charge is 0.417 e. The van der Waals surface area contributed by atoms with Gasteiger partial charge in [-0.15, -0.1) is 0 Å². The lowest BCUT2D eigenvalue weighted by atomic mass is 10.1. The van der Waals surface area contributed by atoms with Crippen molar-refractivity contribution < 1.29 is 26.4 Å². The Morgan fingerprint density at radius 2 is 1.59 bits per heavy atom. The molecule has 37 heavy (non-hydrogen) atoms. The van der Waals surface area contributed by atoms with E-state index in [2.05, 4.69) is 9.71 Å². The molecule has 1 fully saturated rings. The molecule has 0 radical (unpaired) electrons. The summed E-state index contributed by atoms with van der Waals surface area (Å²) in [6.07, 6.45) is -1.93.